The van der Waals surface area contributed by atoms with Gasteiger partial charge in [-0.25, -0.2) is 0 Å². The standard InChI is InChI=1S/C15H19ClN2O3/c1-20-13-9-11(6-8-17)12(10-14(13)21-2)18-15(19)5-3-4-7-16/h9-10H,3-7H2,1-2H3,(H,18,19). The number of anilines is 1. The Balaban J connectivity index is 2.93. The van der Waals surface area contributed by atoms with Crippen molar-refractivity contribution in [3.05, 3.63) is 17.7 Å². The highest BCUT2D eigenvalue weighted by molar-refractivity contribution is 6.17. The molecule has 0 aromatic heterocycles. The average Bonchev–Trinajstić information content (AvgIpc) is 2.48. The topological polar surface area (TPSA) is 71.3 Å². The first-order valence-electron chi connectivity index (χ1n) is 6.64. The van der Waals surface area contributed by atoms with Crippen LogP contribution in [0.15, 0.2) is 12.1 Å². The molecule has 0 atom stereocenters. The third-order valence-electron chi connectivity index (χ3n) is 2.94. The fourth-order valence-corrected chi connectivity index (χ4v) is 2.05. The number of unbranched alkanes of at least 4 members (excludes halogenated alkanes) is 1. The van der Waals surface area contributed by atoms with Gasteiger partial charge in [-0.2, -0.15) is 5.26 Å². The maximum atomic E-state index is 11.9. The number of halogens is 1. The number of hydrogen-bond donors (Lipinski definition) is 1. The number of amides is 1. The van der Waals surface area contributed by atoms with E-state index in [1.54, 1.807) is 12.1 Å². The molecule has 0 unspecified atom stereocenters. The van der Waals surface area contributed by atoms with Crippen molar-refractivity contribution < 1.29 is 14.3 Å². The normalized spacial score (nSPS) is 9.81. The zero-order chi connectivity index (χ0) is 15.7. The minimum atomic E-state index is -0.105. The molecule has 1 aromatic rings. The number of methoxy groups -OCH3 is 2. The van der Waals surface area contributed by atoms with Crippen molar-refractivity contribution in [3.8, 4) is 17.6 Å². The predicted molar refractivity (Wildman–Crippen MR) is 82.1 cm³/mol. The van der Waals surface area contributed by atoms with Gasteiger partial charge >= 0.3 is 0 Å². The summed E-state index contributed by atoms with van der Waals surface area (Å²) in [6.07, 6.45) is 2.10. The molecule has 0 spiro atoms. The van der Waals surface area contributed by atoms with Gasteiger partial charge in [-0.05, 0) is 24.5 Å². The molecule has 0 fully saturated rings. The quantitative estimate of drug-likeness (QED) is 0.591. The Morgan fingerprint density at radius 3 is 2.52 bits per heavy atom. The molecular formula is C15H19ClN2O3. The lowest BCUT2D eigenvalue weighted by molar-refractivity contribution is -0.116. The summed E-state index contributed by atoms with van der Waals surface area (Å²) in [4.78, 5) is 11.9. The van der Waals surface area contributed by atoms with Crippen LogP contribution in [0.3, 0.4) is 0 Å². The van der Waals surface area contributed by atoms with Crippen LogP contribution in [0.1, 0.15) is 24.8 Å². The van der Waals surface area contributed by atoms with Gasteiger partial charge in [-0.1, -0.05) is 0 Å². The van der Waals surface area contributed by atoms with E-state index < -0.39 is 0 Å². The summed E-state index contributed by atoms with van der Waals surface area (Å²) in [6.45, 7) is 0. The Labute approximate surface area is 129 Å². The summed E-state index contributed by atoms with van der Waals surface area (Å²) in [5.74, 6) is 1.48. The van der Waals surface area contributed by atoms with Gasteiger partial charge in [0.1, 0.15) is 0 Å². The number of carbonyl (C=O) groups excluding carboxylic acids is 1. The summed E-state index contributed by atoms with van der Waals surface area (Å²) < 4.78 is 10.4. The molecular weight excluding hydrogens is 292 g/mol. The second kappa shape index (κ2) is 9.09. The van der Waals surface area contributed by atoms with E-state index in [1.807, 2.05) is 0 Å². The minimum Gasteiger partial charge on any atom is -0.493 e. The first-order chi connectivity index (χ1) is 10.2. The van der Waals surface area contributed by atoms with E-state index in [-0.39, 0.29) is 12.3 Å². The van der Waals surface area contributed by atoms with E-state index >= 15 is 0 Å². The van der Waals surface area contributed by atoms with Crippen LogP contribution in [0.5, 0.6) is 11.5 Å². The number of ether oxygens (including phenoxy) is 2. The van der Waals surface area contributed by atoms with E-state index in [0.29, 0.717) is 35.1 Å². The molecule has 0 bridgehead atoms. The summed E-state index contributed by atoms with van der Waals surface area (Å²) in [6, 6.07) is 5.45. The molecule has 0 saturated heterocycles. The first kappa shape index (κ1) is 17.1. The molecule has 1 amide bonds. The van der Waals surface area contributed by atoms with Crippen LogP contribution in [0.2, 0.25) is 0 Å². The van der Waals surface area contributed by atoms with E-state index in [2.05, 4.69) is 11.4 Å². The SMILES string of the molecule is COc1cc(CC#N)c(NC(=O)CCCCCl)cc1OC. The zero-order valence-corrected chi connectivity index (χ0v) is 13.0. The number of benzene rings is 1. The van der Waals surface area contributed by atoms with Crippen molar-refractivity contribution >= 4 is 23.2 Å². The van der Waals surface area contributed by atoms with Gasteiger partial charge in [0.25, 0.3) is 0 Å². The van der Waals surface area contributed by atoms with E-state index in [0.717, 1.165) is 12.8 Å². The van der Waals surface area contributed by atoms with Gasteiger partial charge in [0.2, 0.25) is 5.91 Å². The molecule has 0 aliphatic heterocycles. The first-order valence-corrected chi connectivity index (χ1v) is 7.17. The Kier molecular flexibility index (Phi) is 7.41. The fraction of sp³-hybridized carbons (Fsp3) is 0.467. The van der Waals surface area contributed by atoms with Crippen LogP contribution < -0.4 is 14.8 Å². The summed E-state index contributed by atoms with van der Waals surface area (Å²) in [5.41, 5.74) is 1.27. The van der Waals surface area contributed by atoms with Crippen molar-refractivity contribution in [1.29, 1.82) is 5.26 Å². The van der Waals surface area contributed by atoms with Crippen molar-refractivity contribution in [2.75, 3.05) is 25.4 Å². The molecule has 0 radical (unpaired) electrons. The molecule has 0 aliphatic carbocycles. The molecule has 0 saturated carbocycles. The fourth-order valence-electron chi connectivity index (χ4n) is 1.86. The second-order valence-corrected chi connectivity index (χ2v) is 4.77. The van der Waals surface area contributed by atoms with E-state index in [4.69, 9.17) is 26.3 Å². The van der Waals surface area contributed by atoms with Crippen LogP contribution >= 0.6 is 11.6 Å². The smallest absolute Gasteiger partial charge is 0.224 e. The van der Waals surface area contributed by atoms with Gasteiger partial charge in [-0.3, -0.25) is 4.79 Å². The average molecular weight is 311 g/mol. The van der Waals surface area contributed by atoms with Crippen molar-refractivity contribution in [2.45, 2.75) is 25.7 Å². The number of nitrogens with zero attached hydrogens (tertiary/aromatic N) is 1. The monoisotopic (exact) mass is 310 g/mol. The second-order valence-electron chi connectivity index (χ2n) is 4.39. The summed E-state index contributed by atoms with van der Waals surface area (Å²) in [7, 11) is 3.05. The third kappa shape index (κ3) is 5.16. The maximum absolute atomic E-state index is 11.9. The number of alkyl halides is 1. The van der Waals surface area contributed by atoms with Gasteiger partial charge in [0, 0.05) is 24.1 Å². The number of nitrogens with one attached hydrogen (secondary N) is 1. The Morgan fingerprint density at radius 1 is 1.29 bits per heavy atom. The van der Waals surface area contributed by atoms with Crippen LogP contribution in [-0.2, 0) is 11.2 Å². The molecule has 6 heteroatoms. The summed E-state index contributed by atoms with van der Waals surface area (Å²) >= 11 is 5.59. The highest BCUT2D eigenvalue weighted by atomic mass is 35.5. The van der Waals surface area contributed by atoms with Crippen molar-refractivity contribution in [2.24, 2.45) is 0 Å². The van der Waals surface area contributed by atoms with Crippen LogP contribution in [0.25, 0.3) is 0 Å². The van der Waals surface area contributed by atoms with Crippen molar-refractivity contribution in [1.82, 2.24) is 0 Å². The van der Waals surface area contributed by atoms with Gasteiger partial charge < -0.3 is 14.8 Å². The Hall–Kier alpha value is -1.93. The van der Waals surface area contributed by atoms with Crippen LogP contribution in [-0.4, -0.2) is 26.0 Å². The molecule has 114 valence electrons. The Bertz CT molecular complexity index is 526. The highest BCUT2D eigenvalue weighted by Gasteiger charge is 2.13. The largest absolute Gasteiger partial charge is 0.493 e. The van der Waals surface area contributed by atoms with Gasteiger partial charge in [-0.15, -0.1) is 11.6 Å². The molecule has 21 heavy (non-hydrogen) atoms. The number of rotatable bonds is 8. The van der Waals surface area contributed by atoms with Crippen LogP contribution in [0, 0.1) is 11.3 Å². The lowest BCUT2D eigenvalue weighted by Crippen LogP contribution is -2.13. The maximum Gasteiger partial charge on any atom is 0.224 e. The lowest BCUT2D eigenvalue weighted by Gasteiger charge is -2.14. The van der Waals surface area contributed by atoms with Gasteiger partial charge in [0.15, 0.2) is 11.5 Å². The van der Waals surface area contributed by atoms with Crippen molar-refractivity contribution in [3.63, 3.8) is 0 Å². The molecule has 0 aliphatic rings. The Morgan fingerprint density at radius 2 is 1.95 bits per heavy atom. The molecule has 1 rings (SSSR count). The van der Waals surface area contributed by atoms with E-state index in [1.165, 1.54) is 14.2 Å². The number of hydrogen-bond acceptors (Lipinski definition) is 4. The van der Waals surface area contributed by atoms with Gasteiger partial charge in [0.05, 0.1) is 26.7 Å². The minimum absolute atomic E-state index is 0.105. The number of carbonyl (C=O) groups is 1. The zero-order valence-electron chi connectivity index (χ0n) is 12.2. The molecule has 1 N–H and O–H groups in total. The number of nitriles is 1. The molecule has 5 nitrogen and oxygen atoms in total. The molecule has 1 aromatic carbocycles. The van der Waals surface area contributed by atoms with Crippen LogP contribution in [0.4, 0.5) is 5.69 Å². The third-order valence-corrected chi connectivity index (χ3v) is 3.21. The molecule has 0 heterocycles. The summed E-state index contributed by atoms with van der Waals surface area (Å²) in [5, 5.41) is 11.7. The lowest BCUT2D eigenvalue weighted by atomic mass is 10.1. The predicted octanol–water partition coefficient (Wildman–Crippen LogP) is 3.12. The highest BCUT2D eigenvalue weighted by Crippen LogP contribution is 2.33. The van der Waals surface area contributed by atoms with E-state index in [9.17, 15) is 4.79 Å².